The van der Waals surface area contributed by atoms with Crippen molar-refractivity contribution in [1.29, 1.82) is 0 Å². The monoisotopic (exact) mass is 346 g/mol. The average molecular weight is 347 g/mol. The molecule has 0 amide bonds. The minimum Gasteiger partial charge on any atom is -0.479 e. The van der Waals surface area contributed by atoms with Gasteiger partial charge in [0.05, 0.1) is 15.1 Å². The molecular formula is C13H15BrO4S. The fourth-order valence-corrected chi connectivity index (χ4v) is 3.60. The molecule has 1 aliphatic heterocycles. The Labute approximate surface area is 121 Å². The molecule has 0 aliphatic carbocycles. The first-order chi connectivity index (χ1) is 8.67. The number of carbonyl (C=O) groups is 1. The van der Waals surface area contributed by atoms with Crippen LogP contribution in [0.2, 0.25) is 0 Å². The number of ether oxygens (including phenoxy) is 1. The molecule has 0 fully saturated rings. The third-order valence-corrected chi connectivity index (χ3v) is 5.52. The molecule has 1 aromatic carbocycles. The first-order valence-corrected chi connectivity index (χ1v) is 8.39. The van der Waals surface area contributed by atoms with Crippen LogP contribution in [0.15, 0.2) is 21.5 Å². The summed E-state index contributed by atoms with van der Waals surface area (Å²) in [5, 5.41) is 0. The van der Waals surface area contributed by atoms with Crippen molar-refractivity contribution >= 4 is 31.6 Å². The van der Waals surface area contributed by atoms with E-state index in [9.17, 15) is 13.2 Å². The number of halogens is 1. The van der Waals surface area contributed by atoms with E-state index in [0.717, 1.165) is 0 Å². The van der Waals surface area contributed by atoms with Crippen LogP contribution in [0.1, 0.15) is 26.3 Å². The number of Topliss-reactive ketones (excluding diaryl/α,β-unsaturated/α-hetero) is 1. The Kier molecular flexibility index (Phi) is 3.51. The van der Waals surface area contributed by atoms with Crippen LogP contribution >= 0.6 is 15.9 Å². The summed E-state index contributed by atoms with van der Waals surface area (Å²) in [5.41, 5.74) is -0.258. The van der Waals surface area contributed by atoms with E-state index in [4.69, 9.17) is 4.74 Å². The number of benzene rings is 1. The number of sulfone groups is 1. The molecule has 0 atom stereocenters. The standard InChI is InChI=1S/C13H15BrO4S/c1-4-19(16,17)9-5-8-6-11(15)13(2,3)18-12(8)10(14)7-9/h5,7H,4,6H2,1-3H3. The zero-order valence-electron chi connectivity index (χ0n) is 11.0. The maximum Gasteiger partial charge on any atom is 0.180 e. The largest absolute Gasteiger partial charge is 0.479 e. The second-order valence-corrected chi connectivity index (χ2v) is 8.14. The first kappa shape index (κ1) is 14.5. The van der Waals surface area contributed by atoms with Crippen LogP contribution in [-0.2, 0) is 21.1 Å². The maximum atomic E-state index is 11.9. The lowest BCUT2D eigenvalue weighted by Crippen LogP contribution is -2.42. The van der Waals surface area contributed by atoms with Crippen molar-refractivity contribution in [3.63, 3.8) is 0 Å². The molecule has 0 bridgehead atoms. The van der Waals surface area contributed by atoms with E-state index in [-0.39, 0.29) is 22.9 Å². The van der Waals surface area contributed by atoms with Crippen LogP contribution < -0.4 is 4.74 Å². The molecule has 1 aromatic rings. The summed E-state index contributed by atoms with van der Waals surface area (Å²) in [4.78, 5) is 12.1. The summed E-state index contributed by atoms with van der Waals surface area (Å²) in [6.45, 7) is 5.01. The van der Waals surface area contributed by atoms with Gasteiger partial charge in [0, 0.05) is 12.0 Å². The highest BCUT2D eigenvalue weighted by Gasteiger charge is 2.36. The Bertz CT molecular complexity index is 647. The topological polar surface area (TPSA) is 60.4 Å². The van der Waals surface area contributed by atoms with Gasteiger partial charge in [0.2, 0.25) is 0 Å². The predicted molar refractivity (Wildman–Crippen MR) is 75.3 cm³/mol. The normalized spacial score (nSPS) is 17.8. The second kappa shape index (κ2) is 4.59. The Balaban J connectivity index is 2.59. The molecule has 19 heavy (non-hydrogen) atoms. The van der Waals surface area contributed by atoms with Gasteiger partial charge < -0.3 is 4.74 Å². The number of hydrogen-bond donors (Lipinski definition) is 0. The zero-order valence-corrected chi connectivity index (χ0v) is 13.4. The van der Waals surface area contributed by atoms with Crippen molar-refractivity contribution in [2.45, 2.75) is 37.7 Å². The molecule has 104 valence electrons. The van der Waals surface area contributed by atoms with Crippen LogP contribution in [-0.4, -0.2) is 25.6 Å². The molecule has 4 nitrogen and oxygen atoms in total. The summed E-state index contributed by atoms with van der Waals surface area (Å²) in [5.74, 6) is 0.524. The molecule has 6 heteroatoms. The minimum absolute atomic E-state index is 0.0263. The molecule has 0 aromatic heterocycles. The van der Waals surface area contributed by atoms with E-state index in [1.54, 1.807) is 20.8 Å². The smallest absolute Gasteiger partial charge is 0.180 e. The van der Waals surface area contributed by atoms with Crippen LogP contribution in [0.4, 0.5) is 0 Å². The number of ketones is 1. The van der Waals surface area contributed by atoms with Gasteiger partial charge in [0.25, 0.3) is 0 Å². The summed E-state index contributed by atoms with van der Waals surface area (Å²) in [7, 11) is -3.30. The zero-order chi connectivity index (χ0) is 14.4. The van der Waals surface area contributed by atoms with Crippen LogP contribution in [0.25, 0.3) is 0 Å². The van der Waals surface area contributed by atoms with Gasteiger partial charge in [-0.15, -0.1) is 0 Å². The lowest BCUT2D eigenvalue weighted by Gasteiger charge is -2.32. The molecule has 0 spiro atoms. The highest BCUT2D eigenvalue weighted by Crippen LogP contribution is 2.39. The van der Waals surface area contributed by atoms with E-state index < -0.39 is 15.4 Å². The van der Waals surface area contributed by atoms with Gasteiger partial charge in [-0.3, -0.25) is 4.79 Å². The van der Waals surface area contributed by atoms with Crippen LogP contribution in [0.5, 0.6) is 5.75 Å². The van der Waals surface area contributed by atoms with Gasteiger partial charge in [-0.2, -0.15) is 0 Å². The van der Waals surface area contributed by atoms with E-state index in [1.807, 2.05) is 0 Å². The van der Waals surface area contributed by atoms with Crippen molar-refractivity contribution < 1.29 is 17.9 Å². The lowest BCUT2D eigenvalue weighted by atomic mass is 9.93. The molecule has 0 radical (unpaired) electrons. The average Bonchev–Trinajstić information content (AvgIpc) is 2.31. The Morgan fingerprint density at radius 2 is 2.00 bits per heavy atom. The Morgan fingerprint density at radius 1 is 1.37 bits per heavy atom. The number of hydrogen-bond acceptors (Lipinski definition) is 4. The third kappa shape index (κ3) is 2.56. The third-order valence-electron chi connectivity index (χ3n) is 3.21. The Morgan fingerprint density at radius 3 is 2.58 bits per heavy atom. The fourth-order valence-electron chi connectivity index (χ4n) is 1.91. The molecule has 1 heterocycles. The van der Waals surface area contributed by atoms with Crippen molar-refractivity contribution in [2.75, 3.05) is 5.75 Å². The maximum absolute atomic E-state index is 11.9. The van der Waals surface area contributed by atoms with Crippen LogP contribution in [0.3, 0.4) is 0 Å². The molecular weight excluding hydrogens is 332 g/mol. The highest BCUT2D eigenvalue weighted by atomic mass is 79.9. The Hall–Kier alpha value is -0.880. The van der Waals surface area contributed by atoms with Crippen molar-refractivity contribution in [2.24, 2.45) is 0 Å². The number of carbonyl (C=O) groups excluding carboxylic acids is 1. The summed E-state index contributed by atoms with van der Waals surface area (Å²) < 4.78 is 30.0. The quantitative estimate of drug-likeness (QED) is 0.825. The highest BCUT2D eigenvalue weighted by molar-refractivity contribution is 9.10. The minimum atomic E-state index is -3.30. The molecule has 0 N–H and O–H groups in total. The van der Waals surface area contributed by atoms with Crippen molar-refractivity contribution in [3.8, 4) is 5.75 Å². The van der Waals surface area contributed by atoms with Gasteiger partial charge in [0.15, 0.2) is 21.2 Å². The number of fused-ring (bicyclic) bond motifs is 1. The van der Waals surface area contributed by atoms with Gasteiger partial charge in [0.1, 0.15) is 5.75 Å². The van der Waals surface area contributed by atoms with Gasteiger partial charge >= 0.3 is 0 Å². The van der Waals surface area contributed by atoms with Crippen molar-refractivity contribution in [3.05, 3.63) is 22.2 Å². The van der Waals surface area contributed by atoms with Crippen molar-refractivity contribution in [1.82, 2.24) is 0 Å². The van der Waals surface area contributed by atoms with E-state index in [2.05, 4.69) is 15.9 Å². The molecule has 0 unspecified atom stereocenters. The summed E-state index contributed by atoms with van der Waals surface area (Å²) in [6.07, 6.45) is 0.188. The van der Waals surface area contributed by atoms with E-state index >= 15 is 0 Å². The van der Waals surface area contributed by atoms with Gasteiger partial charge in [-0.05, 0) is 41.9 Å². The summed E-state index contributed by atoms with van der Waals surface area (Å²) >= 11 is 3.33. The molecule has 1 aliphatic rings. The lowest BCUT2D eigenvalue weighted by molar-refractivity contribution is -0.132. The fraction of sp³-hybridized carbons (Fsp3) is 0.462. The van der Waals surface area contributed by atoms with Crippen LogP contribution in [0, 0.1) is 0 Å². The van der Waals surface area contributed by atoms with Gasteiger partial charge in [-0.25, -0.2) is 8.42 Å². The SMILES string of the molecule is CCS(=O)(=O)c1cc(Br)c2c(c1)CC(=O)C(C)(C)O2. The van der Waals surface area contributed by atoms with E-state index in [1.165, 1.54) is 12.1 Å². The van der Waals surface area contributed by atoms with Gasteiger partial charge in [-0.1, -0.05) is 6.92 Å². The molecule has 0 saturated heterocycles. The molecule has 2 rings (SSSR count). The molecule has 0 saturated carbocycles. The predicted octanol–water partition coefficient (Wildman–Crippen LogP) is 2.53. The first-order valence-electron chi connectivity index (χ1n) is 5.95. The second-order valence-electron chi connectivity index (χ2n) is 5.01. The number of rotatable bonds is 2. The summed E-state index contributed by atoms with van der Waals surface area (Å²) in [6, 6.07) is 3.07. The van der Waals surface area contributed by atoms with E-state index in [0.29, 0.717) is 15.8 Å².